The van der Waals surface area contributed by atoms with Gasteiger partial charge in [0.1, 0.15) is 5.75 Å². The molecule has 160 valence electrons. The van der Waals surface area contributed by atoms with E-state index >= 15 is 0 Å². The van der Waals surface area contributed by atoms with Gasteiger partial charge in [-0.1, -0.05) is 24.3 Å². The number of hydrogen-bond acceptors (Lipinski definition) is 5. The lowest BCUT2D eigenvalue weighted by Crippen LogP contribution is -2.40. The van der Waals surface area contributed by atoms with Crippen molar-refractivity contribution in [2.75, 3.05) is 51.1 Å². The standard InChI is InChI=1S/C23H30N4O3/c1-5-30-21-9-7-6-8-18(21)25-23(29)22(28)24-15-20(26(2)3)16-10-11-19-17(14-16)12-13-27(19)4/h6-11,14,20H,5,12-13,15H2,1-4H3,(H,24,28)(H,25,29). The van der Waals surface area contributed by atoms with Crippen LogP contribution in [-0.4, -0.2) is 57.6 Å². The number of nitrogens with zero attached hydrogens (tertiary/aromatic N) is 2. The van der Waals surface area contributed by atoms with Crippen molar-refractivity contribution >= 4 is 23.2 Å². The molecular formula is C23H30N4O3. The van der Waals surface area contributed by atoms with Gasteiger partial charge in [-0.2, -0.15) is 0 Å². The Morgan fingerprint density at radius 1 is 1.17 bits per heavy atom. The van der Waals surface area contributed by atoms with Crippen LogP contribution in [0.2, 0.25) is 0 Å². The predicted molar refractivity (Wildman–Crippen MR) is 119 cm³/mol. The van der Waals surface area contributed by atoms with Gasteiger partial charge in [0.2, 0.25) is 0 Å². The maximum absolute atomic E-state index is 12.4. The van der Waals surface area contributed by atoms with Crippen LogP contribution in [0.1, 0.15) is 24.1 Å². The van der Waals surface area contributed by atoms with E-state index in [0.29, 0.717) is 24.6 Å². The summed E-state index contributed by atoms with van der Waals surface area (Å²) in [6.45, 7) is 3.69. The molecule has 1 atom stereocenters. The zero-order valence-electron chi connectivity index (χ0n) is 18.1. The Hall–Kier alpha value is -3.06. The second-order valence-electron chi connectivity index (χ2n) is 7.63. The number of amides is 2. The van der Waals surface area contributed by atoms with Crippen molar-refractivity contribution in [2.45, 2.75) is 19.4 Å². The summed E-state index contributed by atoms with van der Waals surface area (Å²) in [6, 6.07) is 13.5. The van der Waals surface area contributed by atoms with Crippen molar-refractivity contribution in [1.82, 2.24) is 10.2 Å². The Kier molecular flexibility index (Phi) is 6.95. The molecule has 2 amide bonds. The minimum atomic E-state index is -0.713. The third-order valence-electron chi connectivity index (χ3n) is 5.34. The number of para-hydroxylation sites is 2. The summed E-state index contributed by atoms with van der Waals surface area (Å²) >= 11 is 0. The number of carbonyl (C=O) groups excluding carboxylic acids is 2. The Morgan fingerprint density at radius 3 is 2.67 bits per heavy atom. The van der Waals surface area contributed by atoms with Gasteiger partial charge >= 0.3 is 11.8 Å². The highest BCUT2D eigenvalue weighted by atomic mass is 16.5. The molecule has 1 aliphatic heterocycles. The van der Waals surface area contributed by atoms with Gasteiger partial charge in [-0.05, 0) is 56.8 Å². The average molecular weight is 411 g/mol. The Morgan fingerprint density at radius 2 is 1.93 bits per heavy atom. The topological polar surface area (TPSA) is 73.9 Å². The first-order valence-electron chi connectivity index (χ1n) is 10.2. The summed E-state index contributed by atoms with van der Waals surface area (Å²) in [6.07, 6.45) is 1.02. The van der Waals surface area contributed by atoms with Gasteiger partial charge in [0.25, 0.3) is 0 Å². The number of carbonyl (C=O) groups is 2. The van der Waals surface area contributed by atoms with Gasteiger partial charge in [0, 0.05) is 25.8 Å². The Balaban J connectivity index is 1.64. The van der Waals surface area contributed by atoms with Crippen LogP contribution in [0.3, 0.4) is 0 Å². The van der Waals surface area contributed by atoms with Gasteiger partial charge < -0.3 is 25.2 Å². The molecule has 0 radical (unpaired) electrons. The molecule has 30 heavy (non-hydrogen) atoms. The fourth-order valence-corrected chi connectivity index (χ4v) is 3.69. The van der Waals surface area contributed by atoms with Crippen LogP contribution in [0.4, 0.5) is 11.4 Å². The SMILES string of the molecule is CCOc1ccccc1NC(=O)C(=O)NCC(c1ccc2c(c1)CCN2C)N(C)C. The molecule has 1 heterocycles. The first-order chi connectivity index (χ1) is 14.4. The average Bonchev–Trinajstić information content (AvgIpc) is 3.09. The fraction of sp³-hybridized carbons (Fsp3) is 0.391. The molecule has 7 heteroatoms. The van der Waals surface area contributed by atoms with Crippen LogP contribution in [-0.2, 0) is 16.0 Å². The van der Waals surface area contributed by atoms with Crippen LogP contribution in [0, 0.1) is 0 Å². The number of hydrogen-bond donors (Lipinski definition) is 2. The zero-order valence-corrected chi connectivity index (χ0v) is 18.1. The quantitative estimate of drug-likeness (QED) is 0.686. The van der Waals surface area contributed by atoms with E-state index in [-0.39, 0.29) is 6.04 Å². The normalized spacial score (nSPS) is 13.7. The van der Waals surface area contributed by atoms with E-state index in [1.807, 2.05) is 32.0 Å². The first-order valence-corrected chi connectivity index (χ1v) is 10.2. The van der Waals surface area contributed by atoms with E-state index in [4.69, 9.17) is 4.74 Å². The van der Waals surface area contributed by atoms with E-state index < -0.39 is 11.8 Å². The molecule has 1 unspecified atom stereocenters. The highest BCUT2D eigenvalue weighted by Gasteiger charge is 2.22. The molecule has 2 N–H and O–H groups in total. The summed E-state index contributed by atoms with van der Waals surface area (Å²) < 4.78 is 5.49. The molecule has 7 nitrogen and oxygen atoms in total. The lowest BCUT2D eigenvalue weighted by molar-refractivity contribution is -0.136. The lowest BCUT2D eigenvalue weighted by Gasteiger charge is -2.26. The van der Waals surface area contributed by atoms with Crippen molar-refractivity contribution in [3.8, 4) is 5.75 Å². The van der Waals surface area contributed by atoms with Crippen LogP contribution in [0.25, 0.3) is 0 Å². The van der Waals surface area contributed by atoms with E-state index in [1.165, 1.54) is 11.3 Å². The number of fused-ring (bicyclic) bond motifs is 1. The molecule has 1 aliphatic rings. The van der Waals surface area contributed by atoms with Gasteiger partial charge in [0.15, 0.2) is 0 Å². The molecule has 0 fully saturated rings. The van der Waals surface area contributed by atoms with Crippen LogP contribution in [0.5, 0.6) is 5.75 Å². The molecule has 0 bridgehead atoms. The number of benzene rings is 2. The molecule has 0 saturated carbocycles. The zero-order chi connectivity index (χ0) is 21.7. The van der Waals surface area contributed by atoms with E-state index in [0.717, 1.165) is 18.5 Å². The van der Waals surface area contributed by atoms with E-state index in [2.05, 4.69) is 40.8 Å². The maximum Gasteiger partial charge on any atom is 0.313 e. The number of anilines is 2. The number of rotatable bonds is 7. The summed E-state index contributed by atoms with van der Waals surface area (Å²) in [5.41, 5.74) is 4.17. The van der Waals surface area contributed by atoms with Crippen LogP contribution in [0.15, 0.2) is 42.5 Å². The molecule has 0 spiro atoms. The first kappa shape index (κ1) is 21.6. The molecule has 3 rings (SSSR count). The maximum atomic E-state index is 12.4. The summed E-state index contributed by atoms with van der Waals surface area (Å²) in [5.74, 6) is -0.847. The minimum Gasteiger partial charge on any atom is -0.492 e. The number of ether oxygens (including phenoxy) is 1. The number of nitrogens with one attached hydrogen (secondary N) is 2. The minimum absolute atomic E-state index is 0.0336. The van der Waals surface area contributed by atoms with Crippen molar-refractivity contribution in [3.63, 3.8) is 0 Å². The van der Waals surface area contributed by atoms with Crippen LogP contribution >= 0.6 is 0 Å². The third kappa shape index (κ3) is 4.91. The van der Waals surface area contributed by atoms with Gasteiger partial charge in [-0.3, -0.25) is 9.59 Å². The largest absolute Gasteiger partial charge is 0.492 e. The highest BCUT2D eigenvalue weighted by Crippen LogP contribution is 2.30. The monoisotopic (exact) mass is 410 g/mol. The molecular weight excluding hydrogens is 380 g/mol. The molecule has 0 aliphatic carbocycles. The van der Waals surface area contributed by atoms with Crippen molar-refractivity contribution in [3.05, 3.63) is 53.6 Å². The summed E-state index contributed by atoms with van der Waals surface area (Å²) in [4.78, 5) is 29.1. The van der Waals surface area contributed by atoms with Crippen molar-refractivity contribution in [1.29, 1.82) is 0 Å². The summed E-state index contributed by atoms with van der Waals surface area (Å²) in [5, 5.41) is 5.40. The predicted octanol–water partition coefficient (Wildman–Crippen LogP) is 2.44. The van der Waals surface area contributed by atoms with E-state index in [9.17, 15) is 9.59 Å². The molecule has 2 aromatic carbocycles. The van der Waals surface area contributed by atoms with Crippen molar-refractivity contribution in [2.24, 2.45) is 0 Å². The van der Waals surface area contributed by atoms with Gasteiger partial charge in [-0.25, -0.2) is 0 Å². The molecule has 0 saturated heterocycles. The van der Waals surface area contributed by atoms with Crippen molar-refractivity contribution < 1.29 is 14.3 Å². The van der Waals surface area contributed by atoms with E-state index in [1.54, 1.807) is 18.2 Å². The Labute approximate surface area is 178 Å². The highest BCUT2D eigenvalue weighted by molar-refractivity contribution is 6.39. The Bertz CT molecular complexity index is 913. The third-order valence-corrected chi connectivity index (χ3v) is 5.34. The fourth-order valence-electron chi connectivity index (χ4n) is 3.69. The number of likely N-dealkylation sites (N-methyl/N-ethyl adjacent to an activating group) is 2. The molecule has 0 aromatic heterocycles. The van der Waals surface area contributed by atoms with Gasteiger partial charge in [-0.15, -0.1) is 0 Å². The molecule has 2 aromatic rings. The van der Waals surface area contributed by atoms with Crippen LogP contribution < -0.4 is 20.3 Å². The lowest BCUT2D eigenvalue weighted by atomic mass is 10.0. The van der Waals surface area contributed by atoms with Gasteiger partial charge in [0.05, 0.1) is 18.3 Å². The second-order valence-corrected chi connectivity index (χ2v) is 7.63. The second kappa shape index (κ2) is 9.63. The summed E-state index contributed by atoms with van der Waals surface area (Å²) in [7, 11) is 6.03. The smallest absolute Gasteiger partial charge is 0.313 e.